The van der Waals surface area contributed by atoms with Crippen LogP contribution in [0.15, 0.2) is 0 Å². The summed E-state index contributed by atoms with van der Waals surface area (Å²) in [6.45, 7) is 3.60. The van der Waals surface area contributed by atoms with Crippen LogP contribution < -0.4 is 5.32 Å². The van der Waals surface area contributed by atoms with Crippen LogP contribution in [0.25, 0.3) is 0 Å². The Kier molecular flexibility index (Phi) is 5.02. The van der Waals surface area contributed by atoms with Gasteiger partial charge in [-0.3, -0.25) is 9.69 Å². The normalized spacial score (nSPS) is 25.8. The molecule has 0 radical (unpaired) electrons. The third-order valence-electron chi connectivity index (χ3n) is 3.79. The zero-order valence-corrected chi connectivity index (χ0v) is 10.4. The highest BCUT2D eigenvalue weighted by Gasteiger charge is 2.44. The van der Waals surface area contributed by atoms with Gasteiger partial charge in [-0.2, -0.15) is 0 Å². The maximum atomic E-state index is 11.5. The van der Waals surface area contributed by atoms with Crippen LogP contribution in [-0.2, 0) is 4.79 Å². The van der Waals surface area contributed by atoms with E-state index in [-0.39, 0.29) is 12.4 Å². The number of rotatable bonds is 2. The molecule has 2 aliphatic heterocycles. The van der Waals surface area contributed by atoms with Gasteiger partial charge < -0.3 is 10.4 Å². The fraction of sp³-hybridized carbons (Fsp3) is 0.909. The monoisotopic (exact) mass is 248 g/mol. The third kappa shape index (κ3) is 2.50. The van der Waals surface area contributed by atoms with Crippen molar-refractivity contribution >= 4 is 18.4 Å². The Morgan fingerprint density at radius 1 is 1.12 bits per heavy atom. The Labute approximate surface area is 103 Å². The molecule has 0 saturated carbocycles. The van der Waals surface area contributed by atoms with Gasteiger partial charge in [0.2, 0.25) is 0 Å². The molecule has 2 N–H and O–H groups in total. The minimum absolute atomic E-state index is 0. The second-order valence-electron chi connectivity index (χ2n) is 4.63. The van der Waals surface area contributed by atoms with E-state index < -0.39 is 11.5 Å². The van der Waals surface area contributed by atoms with Crippen LogP contribution in [0.5, 0.6) is 0 Å². The van der Waals surface area contributed by atoms with Crippen LogP contribution in [0.1, 0.15) is 32.1 Å². The molecule has 0 amide bonds. The fourth-order valence-electron chi connectivity index (χ4n) is 2.83. The summed E-state index contributed by atoms with van der Waals surface area (Å²) in [4.78, 5) is 13.7. The van der Waals surface area contributed by atoms with Crippen molar-refractivity contribution in [3.8, 4) is 0 Å². The standard InChI is InChI=1S/C11H20N2O2.ClH/c14-10(15)11(4-6-12-7-5-11)13-8-2-1-3-9-13;/h12H,1-9H2,(H,14,15);1H. The van der Waals surface area contributed by atoms with E-state index in [1.165, 1.54) is 6.42 Å². The summed E-state index contributed by atoms with van der Waals surface area (Å²) in [5, 5.41) is 12.7. The van der Waals surface area contributed by atoms with E-state index in [0.717, 1.165) is 51.9 Å². The van der Waals surface area contributed by atoms with Crippen LogP contribution in [0.3, 0.4) is 0 Å². The van der Waals surface area contributed by atoms with E-state index in [2.05, 4.69) is 10.2 Å². The van der Waals surface area contributed by atoms with Gasteiger partial charge in [-0.15, -0.1) is 12.4 Å². The first-order valence-electron chi connectivity index (χ1n) is 5.95. The molecule has 5 heteroatoms. The van der Waals surface area contributed by atoms with Crippen molar-refractivity contribution in [2.45, 2.75) is 37.6 Å². The molecule has 4 nitrogen and oxygen atoms in total. The average Bonchev–Trinajstić information content (AvgIpc) is 2.31. The van der Waals surface area contributed by atoms with Crippen molar-refractivity contribution < 1.29 is 9.90 Å². The summed E-state index contributed by atoms with van der Waals surface area (Å²) in [6.07, 6.45) is 5.07. The Balaban J connectivity index is 0.00000128. The molecule has 0 aliphatic carbocycles. The Bertz CT molecular complexity index is 236. The second kappa shape index (κ2) is 5.84. The number of piperidine rings is 2. The molecule has 0 spiro atoms. The number of nitrogens with one attached hydrogen (secondary N) is 1. The van der Waals surface area contributed by atoms with Crippen molar-refractivity contribution in [2.24, 2.45) is 0 Å². The summed E-state index contributed by atoms with van der Waals surface area (Å²) in [6, 6.07) is 0. The summed E-state index contributed by atoms with van der Waals surface area (Å²) >= 11 is 0. The highest BCUT2D eigenvalue weighted by molar-refractivity contribution is 5.85. The number of aliphatic carboxylic acids is 1. The van der Waals surface area contributed by atoms with Gasteiger partial charge in [0.25, 0.3) is 0 Å². The number of carboxylic acid groups (broad SMARTS) is 1. The third-order valence-corrected chi connectivity index (χ3v) is 3.79. The van der Waals surface area contributed by atoms with E-state index in [1.54, 1.807) is 0 Å². The van der Waals surface area contributed by atoms with Gasteiger partial charge in [-0.1, -0.05) is 6.42 Å². The molecular weight excluding hydrogens is 228 g/mol. The van der Waals surface area contributed by atoms with E-state index >= 15 is 0 Å². The summed E-state index contributed by atoms with van der Waals surface area (Å²) in [7, 11) is 0. The van der Waals surface area contributed by atoms with Gasteiger partial charge in [-0.05, 0) is 51.9 Å². The minimum Gasteiger partial charge on any atom is -0.480 e. The first kappa shape index (κ1) is 13.7. The van der Waals surface area contributed by atoms with Gasteiger partial charge in [0.05, 0.1) is 0 Å². The van der Waals surface area contributed by atoms with E-state index in [1.807, 2.05) is 0 Å². The topological polar surface area (TPSA) is 52.6 Å². The van der Waals surface area contributed by atoms with Crippen LogP contribution in [0.4, 0.5) is 0 Å². The average molecular weight is 249 g/mol. The second-order valence-corrected chi connectivity index (χ2v) is 4.63. The number of carbonyl (C=O) groups is 1. The van der Waals surface area contributed by atoms with Crippen molar-refractivity contribution in [3.63, 3.8) is 0 Å². The number of nitrogens with zero attached hydrogens (tertiary/aromatic N) is 1. The van der Waals surface area contributed by atoms with Crippen LogP contribution >= 0.6 is 12.4 Å². The van der Waals surface area contributed by atoms with Crippen LogP contribution in [-0.4, -0.2) is 47.7 Å². The zero-order valence-electron chi connectivity index (χ0n) is 9.57. The van der Waals surface area contributed by atoms with E-state index in [4.69, 9.17) is 0 Å². The molecule has 2 saturated heterocycles. The summed E-state index contributed by atoms with van der Waals surface area (Å²) in [5.74, 6) is -0.620. The van der Waals surface area contributed by atoms with Crippen LogP contribution in [0.2, 0.25) is 0 Å². The number of hydrogen-bond donors (Lipinski definition) is 2. The SMILES string of the molecule is Cl.O=C(O)C1(N2CCCCC2)CCNCC1. The molecule has 0 bridgehead atoms. The zero-order chi connectivity index (χ0) is 10.7. The lowest BCUT2D eigenvalue weighted by Crippen LogP contribution is -2.60. The molecule has 2 fully saturated rings. The molecule has 0 unspecified atom stereocenters. The van der Waals surface area contributed by atoms with Gasteiger partial charge in [-0.25, -0.2) is 0 Å². The predicted molar refractivity (Wildman–Crippen MR) is 65.1 cm³/mol. The maximum Gasteiger partial charge on any atom is 0.324 e. The molecule has 0 aromatic carbocycles. The van der Waals surface area contributed by atoms with Crippen molar-refractivity contribution in [2.75, 3.05) is 26.2 Å². The molecule has 0 atom stereocenters. The lowest BCUT2D eigenvalue weighted by Gasteiger charge is -2.45. The first-order chi connectivity index (χ1) is 7.26. The van der Waals surface area contributed by atoms with Crippen LogP contribution in [0, 0.1) is 0 Å². The predicted octanol–water partition coefficient (Wildman–Crippen LogP) is 1.10. The summed E-state index contributed by atoms with van der Waals surface area (Å²) in [5.41, 5.74) is -0.564. The van der Waals surface area contributed by atoms with Crippen molar-refractivity contribution in [3.05, 3.63) is 0 Å². The van der Waals surface area contributed by atoms with E-state index in [0.29, 0.717) is 0 Å². The van der Waals surface area contributed by atoms with Gasteiger partial charge in [0, 0.05) is 0 Å². The Morgan fingerprint density at radius 3 is 2.19 bits per heavy atom. The fourth-order valence-corrected chi connectivity index (χ4v) is 2.83. The van der Waals surface area contributed by atoms with Crippen molar-refractivity contribution in [1.82, 2.24) is 10.2 Å². The molecule has 0 aromatic heterocycles. The van der Waals surface area contributed by atoms with E-state index in [9.17, 15) is 9.90 Å². The minimum atomic E-state index is -0.620. The molecule has 16 heavy (non-hydrogen) atoms. The van der Waals surface area contributed by atoms with Crippen molar-refractivity contribution in [1.29, 1.82) is 0 Å². The smallest absolute Gasteiger partial charge is 0.324 e. The number of carboxylic acids is 1. The highest BCUT2D eigenvalue weighted by Crippen LogP contribution is 2.29. The molecule has 2 rings (SSSR count). The highest BCUT2D eigenvalue weighted by atomic mass is 35.5. The van der Waals surface area contributed by atoms with Gasteiger partial charge in [0.15, 0.2) is 0 Å². The number of hydrogen-bond acceptors (Lipinski definition) is 3. The van der Waals surface area contributed by atoms with Gasteiger partial charge >= 0.3 is 5.97 Å². The summed E-state index contributed by atoms with van der Waals surface area (Å²) < 4.78 is 0. The molecule has 0 aromatic rings. The molecule has 2 aliphatic rings. The molecular formula is C11H21ClN2O2. The Hall–Kier alpha value is -0.320. The lowest BCUT2D eigenvalue weighted by molar-refractivity contribution is -0.154. The number of likely N-dealkylation sites (tertiary alicyclic amines) is 1. The molecule has 94 valence electrons. The van der Waals surface area contributed by atoms with Gasteiger partial charge in [0.1, 0.15) is 5.54 Å². The lowest BCUT2D eigenvalue weighted by atomic mass is 9.85. The molecule has 2 heterocycles. The largest absolute Gasteiger partial charge is 0.480 e. The quantitative estimate of drug-likeness (QED) is 0.769. The maximum absolute atomic E-state index is 11.5. The Morgan fingerprint density at radius 2 is 1.69 bits per heavy atom. The first-order valence-corrected chi connectivity index (χ1v) is 5.95. The number of halogens is 1.